The molecule has 3 heteroatoms. The molecule has 0 spiro atoms. The van der Waals surface area contributed by atoms with Crippen molar-refractivity contribution in [3.63, 3.8) is 0 Å². The third-order valence-corrected chi connectivity index (χ3v) is 14.0. The second-order valence-corrected chi connectivity index (χ2v) is 18.1. The van der Waals surface area contributed by atoms with Gasteiger partial charge in [0, 0.05) is 44.0 Å². The van der Waals surface area contributed by atoms with Crippen LogP contribution >= 0.6 is 0 Å². The number of nitrogens with zero attached hydrogens (tertiary/aromatic N) is 2. The molecular weight excluding hydrogens is 801 g/mol. The molecule has 0 saturated heterocycles. The summed E-state index contributed by atoms with van der Waals surface area (Å²) in [6.45, 7) is 4.76. The SMILES string of the molecule is CC1(C)c2cc(N(c3ccc(-c4cc(-c5ccccc5)cc(-c5ccccc5)c4)cc3)c3cccc4c3oc3ccccc34)ccc2-c2ccc(-n3c4ccccc4c4ccccc43)cc21. The zero-order valence-corrected chi connectivity index (χ0v) is 36.7. The van der Waals surface area contributed by atoms with Crippen molar-refractivity contribution in [2.24, 2.45) is 0 Å². The van der Waals surface area contributed by atoms with E-state index in [9.17, 15) is 0 Å². The van der Waals surface area contributed by atoms with E-state index < -0.39 is 0 Å². The normalized spacial score (nSPS) is 12.8. The topological polar surface area (TPSA) is 21.3 Å². The highest BCUT2D eigenvalue weighted by atomic mass is 16.3. The fraction of sp³-hybridized carbons (Fsp3) is 0.0476. The largest absolute Gasteiger partial charge is 0.454 e. The number of hydrogen-bond acceptors (Lipinski definition) is 2. The fourth-order valence-electron chi connectivity index (χ4n) is 10.7. The number of fused-ring (bicyclic) bond motifs is 9. The van der Waals surface area contributed by atoms with E-state index in [1.807, 2.05) is 6.07 Å². The first kappa shape index (κ1) is 38.1. The average molecular weight is 845 g/mol. The van der Waals surface area contributed by atoms with Crippen LogP contribution in [0, 0.1) is 0 Å². The summed E-state index contributed by atoms with van der Waals surface area (Å²) >= 11 is 0. The molecule has 0 bridgehead atoms. The Balaban J connectivity index is 0.948. The molecule has 312 valence electrons. The maximum Gasteiger partial charge on any atom is 0.159 e. The van der Waals surface area contributed by atoms with Gasteiger partial charge in [-0.25, -0.2) is 0 Å². The van der Waals surface area contributed by atoms with Crippen LogP contribution < -0.4 is 4.90 Å². The maximum absolute atomic E-state index is 6.76. The molecule has 0 amide bonds. The lowest BCUT2D eigenvalue weighted by Crippen LogP contribution is -2.17. The predicted molar refractivity (Wildman–Crippen MR) is 277 cm³/mol. The van der Waals surface area contributed by atoms with Gasteiger partial charge >= 0.3 is 0 Å². The zero-order chi connectivity index (χ0) is 43.9. The van der Waals surface area contributed by atoms with Crippen molar-refractivity contribution in [1.29, 1.82) is 0 Å². The smallest absolute Gasteiger partial charge is 0.159 e. The Hall–Kier alpha value is -8.40. The molecule has 2 heterocycles. The Kier molecular flexibility index (Phi) is 8.56. The van der Waals surface area contributed by atoms with E-state index in [1.54, 1.807) is 0 Å². The van der Waals surface area contributed by atoms with Crippen LogP contribution in [-0.2, 0) is 5.41 Å². The van der Waals surface area contributed by atoms with Crippen LogP contribution in [0.5, 0.6) is 0 Å². The fourth-order valence-corrected chi connectivity index (χ4v) is 10.7. The summed E-state index contributed by atoms with van der Waals surface area (Å²) in [6.07, 6.45) is 0. The molecule has 0 atom stereocenters. The molecule has 0 N–H and O–H groups in total. The Morgan fingerprint density at radius 3 is 1.52 bits per heavy atom. The van der Waals surface area contributed by atoms with Gasteiger partial charge in [0.2, 0.25) is 0 Å². The van der Waals surface area contributed by atoms with Gasteiger partial charge in [-0.3, -0.25) is 0 Å². The maximum atomic E-state index is 6.76. The second-order valence-electron chi connectivity index (χ2n) is 18.1. The van der Waals surface area contributed by atoms with E-state index in [0.717, 1.165) is 44.6 Å². The summed E-state index contributed by atoms with van der Waals surface area (Å²) in [6, 6.07) is 83.8. The summed E-state index contributed by atoms with van der Waals surface area (Å²) in [5.41, 5.74) is 20.5. The van der Waals surface area contributed by atoms with Crippen LogP contribution in [0.4, 0.5) is 17.1 Å². The average Bonchev–Trinajstić information content (AvgIpc) is 4.00. The molecule has 0 saturated carbocycles. The number of furan rings is 1. The van der Waals surface area contributed by atoms with Gasteiger partial charge in [0.15, 0.2) is 5.58 Å². The Morgan fingerprint density at radius 2 is 0.879 bits per heavy atom. The van der Waals surface area contributed by atoms with Gasteiger partial charge in [-0.2, -0.15) is 0 Å². The van der Waals surface area contributed by atoms with Crippen LogP contribution in [0.1, 0.15) is 25.0 Å². The van der Waals surface area contributed by atoms with Crippen molar-refractivity contribution in [2.75, 3.05) is 4.90 Å². The summed E-state index contributed by atoms with van der Waals surface area (Å²) < 4.78 is 9.19. The lowest BCUT2D eigenvalue weighted by atomic mass is 9.82. The number of benzene rings is 10. The molecule has 1 aliphatic rings. The molecule has 3 nitrogen and oxygen atoms in total. The lowest BCUT2D eigenvalue weighted by molar-refractivity contribution is 0.660. The Labute approximate surface area is 384 Å². The highest BCUT2D eigenvalue weighted by Crippen LogP contribution is 2.52. The molecule has 13 rings (SSSR count). The zero-order valence-electron chi connectivity index (χ0n) is 36.7. The van der Waals surface area contributed by atoms with Gasteiger partial charge in [0.25, 0.3) is 0 Å². The third-order valence-electron chi connectivity index (χ3n) is 14.0. The van der Waals surface area contributed by atoms with Gasteiger partial charge in [-0.05, 0) is 134 Å². The van der Waals surface area contributed by atoms with Crippen LogP contribution in [0.15, 0.2) is 235 Å². The van der Waals surface area contributed by atoms with Crippen LogP contribution in [-0.4, -0.2) is 4.57 Å². The van der Waals surface area contributed by atoms with Gasteiger partial charge < -0.3 is 13.9 Å². The minimum absolute atomic E-state index is 0.267. The number of para-hydroxylation sites is 4. The Morgan fingerprint density at radius 1 is 0.379 bits per heavy atom. The van der Waals surface area contributed by atoms with Crippen molar-refractivity contribution >= 4 is 60.8 Å². The van der Waals surface area contributed by atoms with Crippen molar-refractivity contribution in [3.8, 4) is 50.2 Å². The van der Waals surface area contributed by atoms with Crippen molar-refractivity contribution < 1.29 is 4.42 Å². The molecule has 66 heavy (non-hydrogen) atoms. The quantitative estimate of drug-likeness (QED) is 0.159. The minimum atomic E-state index is -0.267. The molecule has 1 aliphatic carbocycles. The summed E-state index contributed by atoms with van der Waals surface area (Å²) in [5.74, 6) is 0. The number of rotatable bonds is 7. The number of hydrogen-bond donors (Lipinski definition) is 0. The Bertz CT molecular complexity index is 3730. The van der Waals surface area contributed by atoms with Gasteiger partial charge in [-0.15, -0.1) is 0 Å². The molecule has 0 fully saturated rings. The molecule has 10 aromatic carbocycles. The predicted octanol–water partition coefficient (Wildman–Crippen LogP) is 17.5. The first-order valence-electron chi connectivity index (χ1n) is 22.8. The standard InChI is InChI=1S/C63H44N2O/c1-63(2)56-39-48(32-34-50(56)51-35-33-49(40-57(51)63)65-58-24-12-9-20-52(58)53-21-10-13-25-59(53)65)64(60-26-15-23-55-54-22-11-14-27-61(54)66-62(55)60)47-30-28-43(29-31-47)46-37-44(41-16-5-3-6-17-41)36-45(38-46)42-18-7-4-8-19-42/h3-40H,1-2H3. The van der Waals surface area contributed by atoms with Crippen molar-refractivity contribution in [2.45, 2.75) is 19.3 Å². The van der Waals surface area contributed by atoms with E-state index in [4.69, 9.17) is 4.42 Å². The number of anilines is 3. The molecule has 0 aliphatic heterocycles. The van der Waals surface area contributed by atoms with E-state index >= 15 is 0 Å². The minimum Gasteiger partial charge on any atom is -0.454 e. The van der Waals surface area contributed by atoms with Gasteiger partial charge in [0.05, 0.1) is 16.7 Å². The molecular formula is C63H44N2O. The van der Waals surface area contributed by atoms with E-state index in [0.29, 0.717) is 0 Å². The lowest BCUT2D eigenvalue weighted by Gasteiger charge is -2.28. The van der Waals surface area contributed by atoms with Crippen LogP contribution in [0.25, 0.3) is 93.9 Å². The van der Waals surface area contributed by atoms with Crippen molar-refractivity contribution in [3.05, 3.63) is 242 Å². The molecule has 2 aromatic heterocycles. The van der Waals surface area contributed by atoms with Crippen LogP contribution in [0.3, 0.4) is 0 Å². The summed E-state index contributed by atoms with van der Waals surface area (Å²) in [4.78, 5) is 2.38. The van der Waals surface area contributed by atoms with Crippen LogP contribution in [0.2, 0.25) is 0 Å². The van der Waals surface area contributed by atoms with E-state index in [-0.39, 0.29) is 5.41 Å². The highest BCUT2D eigenvalue weighted by Gasteiger charge is 2.37. The van der Waals surface area contributed by atoms with Gasteiger partial charge in [-0.1, -0.05) is 166 Å². The highest BCUT2D eigenvalue weighted by molar-refractivity contribution is 6.11. The van der Waals surface area contributed by atoms with E-state index in [1.165, 1.54) is 77.6 Å². The third kappa shape index (κ3) is 5.97. The second kappa shape index (κ2) is 14.8. The molecule has 0 unspecified atom stereocenters. The van der Waals surface area contributed by atoms with Gasteiger partial charge in [0.1, 0.15) is 5.58 Å². The number of aromatic nitrogens is 1. The molecule has 12 aromatic rings. The molecule has 0 radical (unpaired) electrons. The monoisotopic (exact) mass is 844 g/mol. The summed E-state index contributed by atoms with van der Waals surface area (Å²) in [7, 11) is 0. The van der Waals surface area contributed by atoms with Crippen molar-refractivity contribution in [1.82, 2.24) is 4.57 Å². The van der Waals surface area contributed by atoms with E-state index in [2.05, 4.69) is 248 Å². The first-order valence-corrected chi connectivity index (χ1v) is 22.8. The first-order chi connectivity index (χ1) is 32.5. The summed E-state index contributed by atoms with van der Waals surface area (Å²) in [5, 5.41) is 4.75.